The molecule has 18 heavy (non-hydrogen) atoms. The molecule has 0 bridgehead atoms. The van der Waals surface area contributed by atoms with E-state index in [2.05, 4.69) is 32.9 Å². The predicted octanol–water partition coefficient (Wildman–Crippen LogP) is 3.73. The SMILES string of the molecule is COc1ccsc1C(N)c1cc(C)c(C)cc1C. The quantitative estimate of drug-likeness (QED) is 0.913. The maximum absolute atomic E-state index is 6.39. The number of hydrogen-bond donors (Lipinski definition) is 1. The summed E-state index contributed by atoms with van der Waals surface area (Å²) in [6.45, 7) is 6.36. The second-order valence-electron chi connectivity index (χ2n) is 4.62. The molecule has 0 saturated heterocycles. The summed E-state index contributed by atoms with van der Waals surface area (Å²) in [6, 6.07) is 6.24. The van der Waals surface area contributed by atoms with E-state index in [1.807, 2.05) is 11.4 Å². The van der Waals surface area contributed by atoms with Crippen LogP contribution in [0.1, 0.15) is 33.2 Å². The van der Waals surface area contributed by atoms with Crippen LogP contribution >= 0.6 is 11.3 Å². The Morgan fingerprint density at radius 1 is 1.11 bits per heavy atom. The Kier molecular flexibility index (Phi) is 3.73. The first-order valence-electron chi connectivity index (χ1n) is 5.99. The lowest BCUT2D eigenvalue weighted by Crippen LogP contribution is -2.13. The van der Waals surface area contributed by atoms with E-state index in [1.54, 1.807) is 18.4 Å². The van der Waals surface area contributed by atoms with Crippen LogP contribution in [0.25, 0.3) is 0 Å². The largest absolute Gasteiger partial charge is 0.496 e. The van der Waals surface area contributed by atoms with Crippen molar-refractivity contribution in [3.8, 4) is 5.75 Å². The highest BCUT2D eigenvalue weighted by Gasteiger charge is 2.17. The molecular formula is C15H19NOS. The minimum Gasteiger partial charge on any atom is -0.496 e. The van der Waals surface area contributed by atoms with Gasteiger partial charge in [0.05, 0.1) is 18.0 Å². The number of nitrogens with two attached hydrogens (primary N) is 1. The van der Waals surface area contributed by atoms with Crippen molar-refractivity contribution in [1.29, 1.82) is 0 Å². The maximum Gasteiger partial charge on any atom is 0.134 e. The third kappa shape index (κ3) is 2.28. The van der Waals surface area contributed by atoms with Crippen LogP contribution < -0.4 is 10.5 Å². The third-order valence-electron chi connectivity index (χ3n) is 3.38. The molecule has 1 aromatic carbocycles. The first-order chi connectivity index (χ1) is 8.54. The molecule has 1 aromatic heterocycles. The van der Waals surface area contributed by atoms with Crippen molar-refractivity contribution in [3.05, 3.63) is 50.7 Å². The zero-order valence-corrected chi connectivity index (χ0v) is 12.1. The molecule has 2 rings (SSSR count). The van der Waals surface area contributed by atoms with E-state index >= 15 is 0 Å². The first-order valence-corrected chi connectivity index (χ1v) is 6.87. The Hall–Kier alpha value is -1.32. The Bertz CT molecular complexity index is 560. The molecule has 96 valence electrons. The average Bonchev–Trinajstić information content (AvgIpc) is 2.81. The monoisotopic (exact) mass is 261 g/mol. The summed E-state index contributed by atoms with van der Waals surface area (Å²) in [5.74, 6) is 0.880. The molecule has 0 aliphatic heterocycles. The summed E-state index contributed by atoms with van der Waals surface area (Å²) < 4.78 is 5.35. The summed E-state index contributed by atoms with van der Waals surface area (Å²) >= 11 is 1.65. The molecule has 2 N–H and O–H groups in total. The topological polar surface area (TPSA) is 35.2 Å². The number of aryl methyl sites for hydroxylation is 3. The highest BCUT2D eigenvalue weighted by Crippen LogP contribution is 2.34. The van der Waals surface area contributed by atoms with Crippen molar-refractivity contribution in [2.75, 3.05) is 7.11 Å². The fraction of sp³-hybridized carbons (Fsp3) is 0.333. The lowest BCUT2D eigenvalue weighted by atomic mass is 9.95. The molecule has 2 nitrogen and oxygen atoms in total. The fourth-order valence-corrected chi connectivity index (χ4v) is 3.04. The van der Waals surface area contributed by atoms with Crippen LogP contribution in [-0.2, 0) is 0 Å². The molecule has 1 atom stereocenters. The molecule has 0 saturated carbocycles. The van der Waals surface area contributed by atoms with E-state index < -0.39 is 0 Å². The summed E-state index contributed by atoms with van der Waals surface area (Å²) in [5.41, 5.74) is 11.4. The molecule has 3 heteroatoms. The number of methoxy groups -OCH3 is 1. The smallest absolute Gasteiger partial charge is 0.134 e. The molecular weight excluding hydrogens is 242 g/mol. The van der Waals surface area contributed by atoms with Crippen molar-refractivity contribution < 1.29 is 4.74 Å². The minimum absolute atomic E-state index is 0.112. The van der Waals surface area contributed by atoms with E-state index in [9.17, 15) is 0 Å². The highest BCUT2D eigenvalue weighted by molar-refractivity contribution is 7.10. The summed E-state index contributed by atoms with van der Waals surface area (Å²) in [5, 5.41) is 2.02. The van der Waals surface area contributed by atoms with Crippen LogP contribution in [0.15, 0.2) is 23.6 Å². The molecule has 0 radical (unpaired) electrons. The van der Waals surface area contributed by atoms with Gasteiger partial charge in [0.25, 0.3) is 0 Å². The highest BCUT2D eigenvalue weighted by atomic mass is 32.1. The van der Waals surface area contributed by atoms with Crippen LogP contribution in [0.4, 0.5) is 0 Å². The summed E-state index contributed by atoms with van der Waals surface area (Å²) in [4.78, 5) is 1.09. The normalized spacial score (nSPS) is 12.5. The van der Waals surface area contributed by atoms with Crippen molar-refractivity contribution in [3.63, 3.8) is 0 Å². The van der Waals surface area contributed by atoms with Gasteiger partial charge >= 0.3 is 0 Å². The molecule has 0 aliphatic carbocycles. The third-order valence-corrected chi connectivity index (χ3v) is 4.36. The van der Waals surface area contributed by atoms with Gasteiger partial charge in [0.2, 0.25) is 0 Å². The zero-order chi connectivity index (χ0) is 13.3. The number of thiophene rings is 1. The average molecular weight is 261 g/mol. The Morgan fingerprint density at radius 3 is 2.44 bits per heavy atom. The minimum atomic E-state index is -0.112. The molecule has 0 amide bonds. The molecule has 1 unspecified atom stereocenters. The Labute approximate surface area is 112 Å². The molecule has 0 aliphatic rings. The van der Waals surface area contributed by atoms with Gasteiger partial charge in [-0.05, 0) is 54.5 Å². The van der Waals surface area contributed by atoms with Crippen LogP contribution in [-0.4, -0.2) is 7.11 Å². The van der Waals surface area contributed by atoms with E-state index in [4.69, 9.17) is 10.5 Å². The molecule has 0 spiro atoms. The molecule has 0 fully saturated rings. The van der Waals surface area contributed by atoms with E-state index in [-0.39, 0.29) is 6.04 Å². The Balaban J connectivity index is 2.46. The second-order valence-corrected chi connectivity index (χ2v) is 5.57. The van der Waals surface area contributed by atoms with E-state index in [0.29, 0.717) is 0 Å². The predicted molar refractivity (Wildman–Crippen MR) is 77.6 cm³/mol. The molecule has 2 aromatic rings. The van der Waals surface area contributed by atoms with Crippen LogP contribution in [0.5, 0.6) is 5.75 Å². The van der Waals surface area contributed by atoms with Gasteiger partial charge in [0.1, 0.15) is 5.75 Å². The Morgan fingerprint density at radius 2 is 1.78 bits per heavy atom. The van der Waals surface area contributed by atoms with Crippen molar-refractivity contribution in [1.82, 2.24) is 0 Å². The van der Waals surface area contributed by atoms with Gasteiger partial charge in [-0.3, -0.25) is 0 Å². The number of ether oxygens (including phenoxy) is 1. The number of hydrogen-bond acceptors (Lipinski definition) is 3. The standard InChI is InChI=1S/C15H19NOS/c1-9-7-11(3)12(8-10(9)2)14(16)15-13(17-4)5-6-18-15/h5-8,14H,16H2,1-4H3. The van der Waals surface area contributed by atoms with Gasteiger partial charge in [0, 0.05) is 0 Å². The lowest BCUT2D eigenvalue weighted by molar-refractivity contribution is 0.411. The second kappa shape index (κ2) is 5.12. The van der Waals surface area contributed by atoms with Gasteiger partial charge in [-0.2, -0.15) is 0 Å². The van der Waals surface area contributed by atoms with Gasteiger partial charge in [-0.1, -0.05) is 12.1 Å². The van der Waals surface area contributed by atoms with E-state index in [1.165, 1.54) is 22.3 Å². The van der Waals surface area contributed by atoms with Crippen LogP contribution in [0, 0.1) is 20.8 Å². The van der Waals surface area contributed by atoms with Gasteiger partial charge < -0.3 is 10.5 Å². The number of benzene rings is 1. The van der Waals surface area contributed by atoms with Crippen molar-refractivity contribution in [2.24, 2.45) is 5.73 Å². The lowest BCUT2D eigenvalue weighted by Gasteiger charge is -2.17. The van der Waals surface area contributed by atoms with E-state index in [0.717, 1.165) is 10.6 Å². The van der Waals surface area contributed by atoms with Crippen molar-refractivity contribution >= 4 is 11.3 Å². The van der Waals surface area contributed by atoms with Crippen LogP contribution in [0.3, 0.4) is 0 Å². The first kappa shape index (κ1) is 13.1. The van der Waals surface area contributed by atoms with Gasteiger partial charge in [0.15, 0.2) is 0 Å². The van der Waals surface area contributed by atoms with Crippen LogP contribution in [0.2, 0.25) is 0 Å². The number of rotatable bonds is 3. The van der Waals surface area contributed by atoms with Gasteiger partial charge in [-0.15, -0.1) is 11.3 Å². The summed E-state index contributed by atoms with van der Waals surface area (Å²) in [6.07, 6.45) is 0. The maximum atomic E-state index is 6.39. The van der Waals surface area contributed by atoms with Crippen molar-refractivity contribution in [2.45, 2.75) is 26.8 Å². The van der Waals surface area contributed by atoms with Gasteiger partial charge in [-0.25, -0.2) is 0 Å². The zero-order valence-electron chi connectivity index (χ0n) is 11.3. The molecule has 1 heterocycles. The summed E-state index contributed by atoms with van der Waals surface area (Å²) in [7, 11) is 1.69. The fourth-order valence-electron chi connectivity index (χ4n) is 2.16.